The summed E-state index contributed by atoms with van der Waals surface area (Å²) in [5.74, 6) is -0.759. The molecule has 0 unspecified atom stereocenters. The van der Waals surface area contributed by atoms with Gasteiger partial charge >= 0.3 is 11.9 Å². The molecular weight excluding hydrogens is 328 g/mol. The van der Waals surface area contributed by atoms with E-state index in [1.54, 1.807) is 0 Å². The molecule has 146 valence electrons. The summed E-state index contributed by atoms with van der Waals surface area (Å²) in [7, 11) is 0. The van der Waals surface area contributed by atoms with E-state index in [4.69, 9.17) is 9.47 Å². The number of carbonyl (C=O) groups excluding carboxylic acids is 2. The summed E-state index contributed by atoms with van der Waals surface area (Å²) >= 11 is 0. The van der Waals surface area contributed by atoms with Gasteiger partial charge in [0.15, 0.2) is 0 Å². The molecule has 0 N–H and O–H groups in total. The molecule has 26 heavy (non-hydrogen) atoms. The Morgan fingerprint density at radius 1 is 0.769 bits per heavy atom. The Labute approximate surface area is 158 Å². The van der Waals surface area contributed by atoms with Gasteiger partial charge in [0.1, 0.15) is 13.2 Å². The summed E-state index contributed by atoms with van der Waals surface area (Å²) < 4.78 is 10.6. The van der Waals surface area contributed by atoms with Gasteiger partial charge in [-0.05, 0) is 38.5 Å². The van der Waals surface area contributed by atoms with Crippen LogP contribution in [0.15, 0.2) is 35.5 Å². The molecule has 1 rings (SSSR count). The number of esters is 2. The smallest absolute Gasteiger partial charge is 0.334 e. The number of hydrogen-bond donors (Lipinski definition) is 0. The molecule has 1 aliphatic rings. The molecule has 0 atom stereocenters. The molecule has 0 fully saturated rings. The standard InChI is InChI=1S/C22H34O4/c1-3-5-7-9-13-17-25-21(23)19-15-11-12-16-20(19)22(24)26-18-14-10-8-6-4-2/h9-10,13-14H,3-8,11-12,15-18H2,1-2H3/b13-9+,14-10+. The molecule has 1 aliphatic carbocycles. The minimum atomic E-state index is -0.379. The second-order valence-electron chi connectivity index (χ2n) is 6.59. The monoisotopic (exact) mass is 362 g/mol. The van der Waals surface area contributed by atoms with Crippen molar-refractivity contribution < 1.29 is 19.1 Å². The number of unbranched alkanes of at least 4 members (excludes halogenated alkanes) is 4. The summed E-state index contributed by atoms with van der Waals surface area (Å²) in [6.07, 6.45) is 17.4. The van der Waals surface area contributed by atoms with Gasteiger partial charge in [0.25, 0.3) is 0 Å². The van der Waals surface area contributed by atoms with Crippen molar-refractivity contribution in [2.24, 2.45) is 0 Å². The highest BCUT2D eigenvalue weighted by molar-refractivity contribution is 6.00. The molecule has 0 aromatic carbocycles. The Morgan fingerprint density at radius 2 is 1.19 bits per heavy atom. The van der Waals surface area contributed by atoms with E-state index in [9.17, 15) is 9.59 Å². The minimum Gasteiger partial charge on any atom is -0.458 e. The second kappa shape index (κ2) is 14.3. The maximum atomic E-state index is 12.3. The summed E-state index contributed by atoms with van der Waals surface area (Å²) in [5.41, 5.74) is 0.997. The fourth-order valence-corrected chi connectivity index (χ4v) is 2.79. The maximum absolute atomic E-state index is 12.3. The van der Waals surface area contributed by atoms with E-state index in [1.807, 2.05) is 24.3 Å². The molecule has 4 nitrogen and oxygen atoms in total. The molecular formula is C22H34O4. The van der Waals surface area contributed by atoms with E-state index in [-0.39, 0.29) is 25.2 Å². The average molecular weight is 363 g/mol. The lowest BCUT2D eigenvalue weighted by Gasteiger charge is -2.17. The number of ether oxygens (including phenoxy) is 2. The van der Waals surface area contributed by atoms with Gasteiger partial charge in [0.05, 0.1) is 0 Å². The van der Waals surface area contributed by atoms with E-state index in [2.05, 4.69) is 13.8 Å². The lowest BCUT2D eigenvalue weighted by molar-refractivity contribution is -0.141. The largest absolute Gasteiger partial charge is 0.458 e. The summed E-state index contributed by atoms with van der Waals surface area (Å²) in [4.78, 5) is 24.6. The SMILES string of the molecule is CCCC/C=C/COC(=O)C1=C(C(=O)OC/C=C/CCCC)CCCC1. The van der Waals surface area contributed by atoms with Gasteiger partial charge in [-0.25, -0.2) is 9.59 Å². The van der Waals surface area contributed by atoms with Crippen molar-refractivity contribution in [3.8, 4) is 0 Å². The quantitative estimate of drug-likeness (QED) is 0.264. The molecule has 0 aromatic rings. The van der Waals surface area contributed by atoms with Crippen LogP contribution in [-0.2, 0) is 19.1 Å². The first-order chi connectivity index (χ1) is 12.7. The van der Waals surface area contributed by atoms with E-state index >= 15 is 0 Å². The van der Waals surface area contributed by atoms with Crippen molar-refractivity contribution in [3.05, 3.63) is 35.5 Å². The Hall–Kier alpha value is -1.84. The summed E-state index contributed by atoms with van der Waals surface area (Å²) in [6.45, 7) is 4.80. The number of carbonyl (C=O) groups is 2. The zero-order chi connectivity index (χ0) is 19.0. The van der Waals surface area contributed by atoms with Crippen molar-refractivity contribution in [2.45, 2.75) is 78.1 Å². The number of rotatable bonds is 12. The van der Waals surface area contributed by atoms with E-state index in [0.29, 0.717) is 24.0 Å². The summed E-state index contributed by atoms with van der Waals surface area (Å²) in [6, 6.07) is 0. The topological polar surface area (TPSA) is 52.6 Å². The first-order valence-corrected chi connectivity index (χ1v) is 10.1. The van der Waals surface area contributed by atoms with Gasteiger partial charge in [-0.1, -0.05) is 63.8 Å². The average Bonchev–Trinajstić information content (AvgIpc) is 2.67. The van der Waals surface area contributed by atoms with Crippen molar-refractivity contribution in [1.82, 2.24) is 0 Å². The van der Waals surface area contributed by atoms with Crippen LogP contribution < -0.4 is 0 Å². The molecule has 0 saturated heterocycles. The highest BCUT2D eigenvalue weighted by Crippen LogP contribution is 2.26. The van der Waals surface area contributed by atoms with Gasteiger partial charge < -0.3 is 9.47 Å². The van der Waals surface area contributed by atoms with Crippen molar-refractivity contribution >= 4 is 11.9 Å². The van der Waals surface area contributed by atoms with Crippen LogP contribution in [0.1, 0.15) is 78.1 Å². The number of hydrogen-bond acceptors (Lipinski definition) is 4. The Balaban J connectivity index is 2.51. The molecule has 0 radical (unpaired) electrons. The maximum Gasteiger partial charge on any atom is 0.334 e. The van der Waals surface area contributed by atoms with Gasteiger partial charge in [-0.3, -0.25) is 0 Å². The van der Waals surface area contributed by atoms with E-state index in [1.165, 1.54) is 0 Å². The van der Waals surface area contributed by atoms with E-state index in [0.717, 1.165) is 51.4 Å². The van der Waals surface area contributed by atoms with Crippen LogP contribution in [-0.4, -0.2) is 25.2 Å². The normalized spacial score (nSPS) is 15.0. The minimum absolute atomic E-state index is 0.258. The highest BCUT2D eigenvalue weighted by atomic mass is 16.5. The molecule has 0 aromatic heterocycles. The third kappa shape index (κ3) is 9.02. The summed E-state index contributed by atoms with van der Waals surface area (Å²) in [5, 5.41) is 0. The molecule has 0 spiro atoms. The van der Waals surface area contributed by atoms with Gasteiger partial charge in [0, 0.05) is 11.1 Å². The molecule has 0 amide bonds. The van der Waals surface area contributed by atoms with E-state index < -0.39 is 0 Å². The van der Waals surface area contributed by atoms with Gasteiger partial charge in [-0.2, -0.15) is 0 Å². The predicted octanol–water partition coefficient (Wildman–Crippen LogP) is 5.44. The van der Waals surface area contributed by atoms with Crippen LogP contribution in [0.2, 0.25) is 0 Å². The van der Waals surface area contributed by atoms with Crippen molar-refractivity contribution in [1.29, 1.82) is 0 Å². The first kappa shape index (κ1) is 22.2. The van der Waals surface area contributed by atoms with Crippen LogP contribution in [0.25, 0.3) is 0 Å². The van der Waals surface area contributed by atoms with Crippen LogP contribution in [0.4, 0.5) is 0 Å². The van der Waals surface area contributed by atoms with Crippen LogP contribution in [0, 0.1) is 0 Å². The molecule has 0 aliphatic heterocycles. The van der Waals surface area contributed by atoms with Gasteiger partial charge in [-0.15, -0.1) is 0 Å². The fourth-order valence-electron chi connectivity index (χ4n) is 2.79. The third-order valence-corrected chi connectivity index (χ3v) is 4.36. The van der Waals surface area contributed by atoms with Crippen LogP contribution >= 0.6 is 0 Å². The van der Waals surface area contributed by atoms with Crippen molar-refractivity contribution in [3.63, 3.8) is 0 Å². The Bertz CT molecular complexity index is 468. The molecule has 0 heterocycles. The van der Waals surface area contributed by atoms with Gasteiger partial charge in [0.2, 0.25) is 0 Å². The molecule has 0 bridgehead atoms. The van der Waals surface area contributed by atoms with Crippen LogP contribution in [0.3, 0.4) is 0 Å². The Morgan fingerprint density at radius 3 is 1.58 bits per heavy atom. The fraction of sp³-hybridized carbons (Fsp3) is 0.636. The Kier molecular flexibility index (Phi) is 12.2. The second-order valence-corrected chi connectivity index (χ2v) is 6.59. The lowest BCUT2D eigenvalue weighted by atomic mass is 9.92. The lowest BCUT2D eigenvalue weighted by Crippen LogP contribution is -2.19. The first-order valence-electron chi connectivity index (χ1n) is 10.1. The zero-order valence-corrected chi connectivity index (χ0v) is 16.4. The van der Waals surface area contributed by atoms with Crippen LogP contribution in [0.5, 0.6) is 0 Å². The van der Waals surface area contributed by atoms with Crippen molar-refractivity contribution in [2.75, 3.05) is 13.2 Å². The molecule has 0 saturated carbocycles. The third-order valence-electron chi connectivity index (χ3n) is 4.36. The predicted molar refractivity (Wildman–Crippen MR) is 105 cm³/mol. The zero-order valence-electron chi connectivity index (χ0n) is 16.4. The number of allylic oxidation sites excluding steroid dienone is 2. The highest BCUT2D eigenvalue weighted by Gasteiger charge is 2.25. The molecule has 4 heteroatoms.